The maximum absolute atomic E-state index is 11.8. The van der Waals surface area contributed by atoms with Crippen LogP contribution in [0.2, 0.25) is 0 Å². The number of nitrogens with two attached hydrogens (primary N) is 1. The van der Waals surface area contributed by atoms with Crippen molar-refractivity contribution in [3.8, 4) is 6.07 Å². The zero-order valence-corrected chi connectivity index (χ0v) is 8.98. The van der Waals surface area contributed by atoms with E-state index in [1.54, 1.807) is 4.90 Å². The Kier molecular flexibility index (Phi) is 2.58. The predicted molar refractivity (Wildman–Crippen MR) is 55.5 cm³/mol. The fraction of sp³-hybridized carbons (Fsp3) is 0.636. The number of nitriles is 1. The van der Waals surface area contributed by atoms with Gasteiger partial charge < -0.3 is 10.6 Å². The minimum Gasteiger partial charge on any atom is -0.369 e. The van der Waals surface area contributed by atoms with Gasteiger partial charge in [-0.05, 0) is 19.3 Å². The Hall–Kier alpha value is -1.57. The maximum atomic E-state index is 11.8. The summed E-state index contributed by atoms with van der Waals surface area (Å²) in [6, 6.07) is 2.15. The lowest BCUT2D eigenvalue weighted by atomic mass is 10.0. The van der Waals surface area contributed by atoms with Crippen molar-refractivity contribution < 1.29 is 9.59 Å². The molecule has 1 aliphatic heterocycles. The molecule has 1 heterocycles. The van der Waals surface area contributed by atoms with Crippen LogP contribution in [-0.2, 0) is 9.59 Å². The molecule has 2 fully saturated rings. The minimum atomic E-state index is -0.693. The second-order valence-corrected chi connectivity index (χ2v) is 4.56. The first kappa shape index (κ1) is 10.9. The summed E-state index contributed by atoms with van der Waals surface area (Å²) in [7, 11) is 0. The van der Waals surface area contributed by atoms with E-state index in [0.717, 1.165) is 6.42 Å². The molecule has 2 N–H and O–H groups in total. The van der Waals surface area contributed by atoms with Crippen molar-refractivity contribution in [1.29, 1.82) is 5.26 Å². The third kappa shape index (κ3) is 1.87. The maximum Gasteiger partial charge on any atom is 0.227 e. The van der Waals surface area contributed by atoms with E-state index < -0.39 is 11.3 Å². The molecule has 1 saturated carbocycles. The van der Waals surface area contributed by atoms with E-state index in [0.29, 0.717) is 25.9 Å². The van der Waals surface area contributed by atoms with E-state index in [9.17, 15) is 9.59 Å². The number of nitrogens with zero attached hydrogens (tertiary/aromatic N) is 2. The highest BCUT2D eigenvalue weighted by molar-refractivity contribution is 5.96. The zero-order valence-electron chi connectivity index (χ0n) is 8.98. The average Bonchev–Trinajstić information content (AvgIpc) is 2.88. The average molecular weight is 220 g/mol. The SMILES string of the molecule is N#C[C@H]1CCN(C(=O)[CH]C2(C(N)=O)CC2)C1. The third-order valence-electron chi connectivity index (χ3n) is 3.36. The summed E-state index contributed by atoms with van der Waals surface area (Å²) in [5, 5.41) is 8.73. The molecule has 0 aromatic carbocycles. The fourth-order valence-corrected chi connectivity index (χ4v) is 1.99. The summed E-state index contributed by atoms with van der Waals surface area (Å²) in [5.41, 5.74) is 4.55. The molecule has 85 valence electrons. The van der Waals surface area contributed by atoms with E-state index >= 15 is 0 Å². The van der Waals surface area contributed by atoms with Crippen LogP contribution in [0.3, 0.4) is 0 Å². The van der Waals surface area contributed by atoms with Gasteiger partial charge >= 0.3 is 0 Å². The molecule has 5 heteroatoms. The second kappa shape index (κ2) is 3.78. The van der Waals surface area contributed by atoms with Gasteiger partial charge in [0.25, 0.3) is 0 Å². The van der Waals surface area contributed by atoms with Gasteiger partial charge in [0.15, 0.2) is 0 Å². The molecule has 0 bridgehead atoms. The lowest BCUT2D eigenvalue weighted by molar-refractivity contribution is -0.130. The molecule has 0 aromatic rings. The minimum absolute atomic E-state index is 0.0684. The number of likely N-dealkylation sites (tertiary alicyclic amines) is 1. The quantitative estimate of drug-likeness (QED) is 0.716. The molecule has 0 aromatic heterocycles. The van der Waals surface area contributed by atoms with Crippen LogP contribution in [0.4, 0.5) is 0 Å². The van der Waals surface area contributed by atoms with E-state index in [2.05, 4.69) is 6.07 Å². The number of carbonyl (C=O) groups is 2. The van der Waals surface area contributed by atoms with Crippen LogP contribution in [0.25, 0.3) is 0 Å². The van der Waals surface area contributed by atoms with Crippen LogP contribution in [0.15, 0.2) is 0 Å². The number of hydrogen-bond donors (Lipinski definition) is 1. The monoisotopic (exact) mass is 220 g/mol. The Labute approximate surface area is 94.2 Å². The summed E-state index contributed by atoms with van der Waals surface area (Å²) < 4.78 is 0. The summed E-state index contributed by atoms with van der Waals surface area (Å²) in [6.07, 6.45) is 3.50. The lowest BCUT2D eigenvalue weighted by Crippen LogP contribution is -2.35. The summed E-state index contributed by atoms with van der Waals surface area (Å²) in [4.78, 5) is 24.6. The van der Waals surface area contributed by atoms with E-state index in [1.807, 2.05) is 0 Å². The van der Waals surface area contributed by atoms with Gasteiger partial charge in [-0.1, -0.05) is 0 Å². The predicted octanol–water partition coefficient (Wildman–Crippen LogP) is -0.172. The van der Waals surface area contributed by atoms with Gasteiger partial charge in [-0.2, -0.15) is 5.26 Å². The molecular formula is C11H14N3O2. The smallest absolute Gasteiger partial charge is 0.227 e. The standard InChI is InChI=1S/C11H14N3O2/c12-6-8-1-4-14(7-8)9(15)5-11(2-3-11)10(13)16/h5,8H,1-4,7H2,(H2,13,16)/t8-/m1/s1. The van der Waals surface area contributed by atoms with Crippen molar-refractivity contribution in [3.63, 3.8) is 0 Å². The first-order valence-corrected chi connectivity index (χ1v) is 5.42. The highest BCUT2D eigenvalue weighted by Crippen LogP contribution is 2.48. The second-order valence-electron chi connectivity index (χ2n) is 4.56. The van der Waals surface area contributed by atoms with Crippen LogP contribution in [0, 0.1) is 29.1 Å². The van der Waals surface area contributed by atoms with Gasteiger partial charge in [0.2, 0.25) is 11.8 Å². The molecule has 16 heavy (non-hydrogen) atoms. The van der Waals surface area contributed by atoms with Crippen molar-refractivity contribution >= 4 is 11.8 Å². The largest absolute Gasteiger partial charge is 0.369 e. The number of hydrogen-bond acceptors (Lipinski definition) is 3. The van der Waals surface area contributed by atoms with Crippen LogP contribution < -0.4 is 5.73 Å². The number of primary amides is 1. The molecule has 2 rings (SSSR count). The Morgan fingerprint density at radius 3 is 2.62 bits per heavy atom. The van der Waals surface area contributed by atoms with Crippen molar-refractivity contribution in [2.45, 2.75) is 19.3 Å². The normalized spacial score (nSPS) is 26.2. The number of rotatable bonds is 3. The van der Waals surface area contributed by atoms with Crippen molar-refractivity contribution in [2.75, 3.05) is 13.1 Å². The van der Waals surface area contributed by atoms with Crippen LogP contribution in [0.5, 0.6) is 0 Å². The summed E-state index contributed by atoms with van der Waals surface area (Å²) in [6.45, 7) is 1.07. The fourth-order valence-electron chi connectivity index (χ4n) is 1.99. The summed E-state index contributed by atoms with van der Waals surface area (Å²) >= 11 is 0. The Morgan fingerprint density at radius 2 is 2.19 bits per heavy atom. The molecule has 5 nitrogen and oxygen atoms in total. The lowest BCUT2D eigenvalue weighted by Gasteiger charge is -2.18. The third-order valence-corrected chi connectivity index (χ3v) is 3.36. The first-order chi connectivity index (χ1) is 7.57. The number of amides is 2. The molecule has 2 amide bonds. The van der Waals surface area contributed by atoms with Crippen LogP contribution in [0.1, 0.15) is 19.3 Å². The van der Waals surface area contributed by atoms with Crippen LogP contribution >= 0.6 is 0 Å². The topological polar surface area (TPSA) is 87.2 Å². The first-order valence-electron chi connectivity index (χ1n) is 5.42. The molecule has 0 unspecified atom stereocenters. The van der Waals surface area contributed by atoms with E-state index in [4.69, 9.17) is 11.0 Å². The number of carbonyl (C=O) groups excluding carboxylic acids is 2. The van der Waals surface area contributed by atoms with Crippen LogP contribution in [-0.4, -0.2) is 29.8 Å². The molecule has 1 radical (unpaired) electrons. The van der Waals surface area contributed by atoms with Gasteiger partial charge in [-0.25, -0.2) is 0 Å². The van der Waals surface area contributed by atoms with Gasteiger partial charge in [-0.15, -0.1) is 0 Å². The zero-order chi connectivity index (χ0) is 11.8. The Bertz CT molecular complexity index is 368. The molecular weight excluding hydrogens is 206 g/mol. The van der Waals surface area contributed by atoms with Gasteiger partial charge in [-0.3, -0.25) is 9.59 Å². The van der Waals surface area contributed by atoms with E-state index in [-0.39, 0.29) is 11.8 Å². The highest BCUT2D eigenvalue weighted by Gasteiger charge is 2.51. The van der Waals surface area contributed by atoms with Gasteiger partial charge in [0, 0.05) is 13.1 Å². The van der Waals surface area contributed by atoms with Crippen molar-refractivity contribution in [3.05, 3.63) is 6.42 Å². The molecule has 2 aliphatic rings. The van der Waals surface area contributed by atoms with E-state index in [1.165, 1.54) is 6.42 Å². The van der Waals surface area contributed by atoms with Gasteiger partial charge in [0.1, 0.15) is 0 Å². The van der Waals surface area contributed by atoms with Crippen molar-refractivity contribution in [2.24, 2.45) is 17.1 Å². The summed E-state index contributed by atoms with van der Waals surface area (Å²) in [5.74, 6) is -0.646. The molecule has 0 spiro atoms. The van der Waals surface area contributed by atoms with Crippen molar-refractivity contribution in [1.82, 2.24) is 4.90 Å². The van der Waals surface area contributed by atoms with Gasteiger partial charge in [0.05, 0.1) is 23.8 Å². The highest BCUT2D eigenvalue weighted by atomic mass is 16.2. The Morgan fingerprint density at radius 1 is 1.50 bits per heavy atom. The molecule has 1 atom stereocenters. The molecule has 1 aliphatic carbocycles. The Balaban J connectivity index is 1.90. The molecule has 1 saturated heterocycles.